The van der Waals surface area contributed by atoms with Gasteiger partial charge >= 0.3 is 0 Å². The lowest BCUT2D eigenvalue weighted by atomic mass is 10.1. The van der Waals surface area contributed by atoms with Crippen molar-refractivity contribution in [3.63, 3.8) is 0 Å². The van der Waals surface area contributed by atoms with E-state index in [1.54, 1.807) is 24.3 Å². The molecule has 0 heterocycles. The van der Waals surface area contributed by atoms with Crippen molar-refractivity contribution in [2.45, 2.75) is 11.3 Å². The first-order chi connectivity index (χ1) is 12.2. The Kier molecular flexibility index (Phi) is 5.96. The molecule has 0 unspecified atom stereocenters. The average molecular weight is 376 g/mol. The monoisotopic (exact) mass is 376 g/mol. The number of hydrogen-bond acceptors (Lipinski definition) is 6. The molecular weight excluding hydrogens is 356 g/mol. The van der Waals surface area contributed by atoms with Gasteiger partial charge in [0, 0.05) is 11.8 Å². The summed E-state index contributed by atoms with van der Waals surface area (Å²) >= 11 is 0. The number of guanidine groups is 1. The van der Waals surface area contributed by atoms with Crippen LogP contribution < -0.4 is 16.3 Å². The van der Waals surface area contributed by atoms with Crippen molar-refractivity contribution >= 4 is 21.7 Å². The normalized spacial score (nSPS) is 11.0. The molecule has 0 saturated heterocycles. The van der Waals surface area contributed by atoms with E-state index in [4.69, 9.17) is 21.7 Å². The van der Waals surface area contributed by atoms with Gasteiger partial charge in [-0.05, 0) is 48.9 Å². The Hall–Kier alpha value is -2.91. The molecule has 9 heteroatoms. The second-order valence-electron chi connectivity index (χ2n) is 5.56. The van der Waals surface area contributed by atoms with Gasteiger partial charge in [0.1, 0.15) is 0 Å². The Bertz CT molecular complexity index is 911. The highest BCUT2D eigenvalue weighted by atomic mass is 32.2. The maximum absolute atomic E-state index is 12.6. The Labute approximate surface area is 151 Å². The van der Waals surface area contributed by atoms with Crippen LogP contribution in [0, 0.1) is 5.41 Å². The van der Waals surface area contributed by atoms with E-state index < -0.39 is 21.7 Å². The standard InChI is InChI=1S/C17H20N4O4S/c1-26(23,24)15-4-2-3-13(11-15)16(22)21(17(19)20)25-14-7-5-12(6-8-14)9-10-18/h2-8,11H,9-10,18H2,1H3,(H3,19,20). The van der Waals surface area contributed by atoms with Gasteiger partial charge in [0.2, 0.25) is 5.96 Å². The molecule has 138 valence electrons. The van der Waals surface area contributed by atoms with E-state index in [-0.39, 0.29) is 10.5 Å². The van der Waals surface area contributed by atoms with Crippen LogP contribution in [-0.2, 0) is 16.3 Å². The van der Waals surface area contributed by atoms with Crippen molar-refractivity contribution < 1.29 is 18.0 Å². The minimum atomic E-state index is -3.48. The first kappa shape index (κ1) is 19.4. The fourth-order valence-corrected chi connectivity index (χ4v) is 2.83. The lowest BCUT2D eigenvalue weighted by Gasteiger charge is -2.20. The third-order valence-electron chi connectivity index (χ3n) is 3.47. The summed E-state index contributed by atoms with van der Waals surface area (Å²) in [6, 6.07) is 12.3. The quantitative estimate of drug-likeness (QED) is 0.389. The molecule has 0 fully saturated rings. The number of carbonyl (C=O) groups is 1. The van der Waals surface area contributed by atoms with Crippen molar-refractivity contribution in [2.24, 2.45) is 11.5 Å². The van der Waals surface area contributed by atoms with Crippen LogP contribution in [0.3, 0.4) is 0 Å². The zero-order chi connectivity index (χ0) is 19.3. The van der Waals surface area contributed by atoms with Crippen LogP contribution in [0.1, 0.15) is 15.9 Å². The van der Waals surface area contributed by atoms with Gasteiger partial charge in [-0.3, -0.25) is 10.2 Å². The minimum absolute atomic E-state index is 0.0158. The van der Waals surface area contributed by atoms with Crippen molar-refractivity contribution in [1.29, 1.82) is 5.41 Å². The van der Waals surface area contributed by atoms with Crippen LogP contribution in [0.25, 0.3) is 0 Å². The molecule has 0 radical (unpaired) electrons. The number of rotatable bonds is 6. The van der Waals surface area contributed by atoms with Crippen molar-refractivity contribution in [2.75, 3.05) is 12.8 Å². The molecule has 5 N–H and O–H groups in total. The van der Waals surface area contributed by atoms with Crippen LogP contribution >= 0.6 is 0 Å². The molecule has 2 rings (SSSR count). The summed E-state index contributed by atoms with van der Waals surface area (Å²) in [7, 11) is -3.48. The van der Waals surface area contributed by atoms with Gasteiger partial charge in [-0.1, -0.05) is 18.2 Å². The molecule has 2 aromatic carbocycles. The second-order valence-corrected chi connectivity index (χ2v) is 7.57. The highest BCUT2D eigenvalue weighted by molar-refractivity contribution is 7.90. The summed E-state index contributed by atoms with van der Waals surface area (Å²) in [4.78, 5) is 18.0. The van der Waals surface area contributed by atoms with Gasteiger partial charge in [-0.2, -0.15) is 0 Å². The summed E-state index contributed by atoms with van der Waals surface area (Å²) in [6.07, 6.45) is 1.74. The Morgan fingerprint density at radius 2 is 1.85 bits per heavy atom. The average Bonchev–Trinajstić information content (AvgIpc) is 2.60. The molecule has 26 heavy (non-hydrogen) atoms. The minimum Gasteiger partial charge on any atom is -0.369 e. The third kappa shape index (κ3) is 4.80. The maximum Gasteiger partial charge on any atom is 0.294 e. The van der Waals surface area contributed by atoms with Crippen LogP contribution in [0.15, 0.2) is 53.4 Å². The second kappa shape index (κ2) is 7.98. The summed E-state index contributed by atoms with van der Waals surface area (Å²) < 4.78 is 23.3. The molecular formula is C17H20N4O4S. The Morgan fingerprint density at radius 1 is 1.19 bits per heavy atom. The van der Waals surface area contributed by atoms with E-state index >= 15 is 0 Å². The first-order valence-corrected chi connectivity index (χ1v) is 9.57. The summed E-state index contributed by atoms with van der Waals surface area (Å²) in [5.41, 5.74) is 12.0. The highest BCUT2D eigenvalue weighted by Crippen LogP contribution is 2.17. The number of nitrogens with zero attached hydrogens (tertiary/aromatic N) is 1. The lowest BCUT2D eigenvalue weighted by Crippen LogP contribution is -2.43. The summed E-state index contributed by atoms with van der Waals surface area (Å²) in [6.45, 7) is 0.509. The van der Waals surface area contributed by atoms with Gasteiger partial charge in [-0.25, -0.2) is 8.42 Å². The number of benzene rings is 2. The van der Waals surface area contributed by atoms with E-state index in [9.17, 15) is 13.2 Å². The van der Waals surface area contributed by atoms with Gasteiger partial charge < -0.3 is 16.3 Å². The molecule has 1 amide bonds. The molecule has 0 aliphatic carbocycles. The molecule has 0 spiro atoms. The fourth-order valence-electron chi connectivity index (χ4n) is 2.17. The highest BCUT2D eigenvalue weighted by Gasteiger charge is 2.22. The number of hydrogen-bond donors (Lipinski definition) is 3. The first-order valence-electron chi connectivity index (χ1n) is 7.68. The SMILES string of the molecule is CS(=O)(=O)c1cccc(C(=O)N(Oc2ccc(CCN)cc2)C(=N)N)c1. The van der Waals surface area contributed by atoms with Gasteiger partial charge in [-0.15, -0.1) is 5.06 Å². The van der Waals surface area contributed by atoms with Crippen LogP contribution in [0.2, 0.25) is 0 Å². The Balaban J connectivity index is 2.26. The van der Waals surface area contributed by atoms with Crippen molar-refractivity contribution in [3.05, 3.63) is 59.7 Å². The number of nitrogens with two attached hydrogens (primary N) is 2. The molecule has 0 atom stereocenters. The summed E-state index contributed by atoms with van der Waals surface area (Å²) in [5, 5.41) is 8.19. The van der Waals surface area contributed by atoms with Gasteiger partial charge in [0.25, 0.3) is 5.91 Å². The van der Waals surface area contributed by atoms with E-state index in [2.05, 4.69) is 0 Å². The van der Waals surface area contributed by atoms with Crippen molar-refractivity contribution in [1.82, 2.24) is 5.06 Å². The molecule has 0 saturated carbocycles. The maximum atomic E-state index is 12.6. The van der Waals surface area contributed by atoms with E-state index in [1.165, 1.54) is 24.3 Å². The zero-order valence-corrected chi connectivity index (χ0v) is 15.0. The number of nitrogens with one attached hydrogen (secondary N) is 1. The van der Waals surface area contributed by atoms with Crippen LogP contribution in [-0.4, -0.2) is 38.1 Å². The third-order valence-corrected chi connectivity index (χ3v) is 4.58. The number of carbonyl (C=O) groups excluding carboxylic acids is 1. The molecule has 0 aromatic heterocycles. The topological polar surface area (TPSA) is 140 Å². The number of hydroxylamine groups is 2. The molecule has 2 aromatic rings. The molecule has 0 bridgehead atoms. The lowest BCUT2D eigenvalue weighted by molar-refractivity contribution is 0.0153. The van der Waals surface area contributed by atoms with E-state index in [0.29, 0.717) is 23.8 Å². The van der Waals surface area contributed by atoms with Gasteiger partial charge in [0.05, 0.1) is 4.90 Å². The molecule has 0 aliphatic rings. The molecule has 8 nitrogen and oxygen atoms in total. The predicted octanol–water partition coefficient (Wildman–Crippen LogP) is 0.921. The molecule has 0 aliphatic heterocycles. The summed E-state index contributed by atoms with van der Waals surface area (Å²) in [5.74, 6) is -1.09. The van der Waals surface area contributed by atoms with Crippen LogP contribution in [0.4, 0.5) is 0 Å². The number of amides is 1. The van der Waals surface area contributed by atoms with E-state index in [1.807, 2.05) is 0 Å². The van der Waals surface area contributed by atoms with E-state index in [0.717, 1.165) is 11.8 Å². The zero-order valence-electron chi connectivity index (χ0n) is 14.2. The number of sulfone groups is 1. The Morgan fingerprint density at radius 3 is 2.38 bits per heavy atom. The van der Waals surface area contributed by atoms with Gasteiger partial charge in [0.15, 0.2) is 15.6 Å². The van der Waals surface area contributed by atoms with Crippen LogP contribution in [0.5, 0.6) is 5.75 Å². The predicted molar refractivity (Wildman–Crippen MR) is 97.5 cm³/mol. The van der Waals surface area contributed by atoms with Crippen molar-refractivity contribution in [3.8, 4) is 5.75 Å². The largest absolute Gasteiger partial charge is 0.369 e. The fraction of sp³-hybridized carbons (Fsp3) is 0.176. The smallest absolute Gasteiger partial charge is 0.294 e.